The third-order valence-corrected chi connectivity index (χ3v) is 3.50. The zero-order chi connectivity index (χ0) is 14.0. The molecule has 2 aromatic carbocycles. The molecule has 0 saturated carbocycles. The standard InChI is InChI=1S/C14H13BrF2N2/c1-8-7-9(15)5-6-10(8)14(19-18)11-3-2-4-12(16)13(11)17/h2-7,14,19H,18H2,1H3. The van der Waals surface area contributed by atoms with E-state index in [1.54, 1.807) is 0 Å². The molecular formula is C14H13BrF2N2. The van der Waals surface area contributed by atoms with Crippen LogP contribution in [0.25, 0.3) is 0 Å². The van der Waals surface area contributed by atoms with Crippen LogP contribution in [0.4, 0.5) is 8.78 Å². The van der Waals surface area contributed by atoms with Crippen LogP contribution in [0.1, 0.15) is 22.7 Å². The van der Waals surface area contributed by atoms with Crippen molar-refractivity contribution in [3.63, 3.8) is 0 Å². The van der Waals surface area contributed by atoms with Crippen LogP contribution in [0.3, 0.4) is 0 Å². The Morgan fingerprint density at radius 2 is 1.89 bits per heavy atom. The van der Waals surface area contributed by atoms with Gasteiger partial charge in [-0.15, -0.1) is 0 Å². The lowest BCUT2D eigenvalue weighted by atomic mass is 9.95. The second-order valence-electron chi connectivity index (χ2n) is 4.24. The maximum absolute atomic E-state index is 13.9. The van der Waals surface area contributed by atoms with E-state index >= 15 is 0 Å². The molecule has 1 atom stereocenters. The molecule has 0 bridgehead atoms. The van der Waals surface area contributed by atoms with Crippen LogP contribution >= 0.6 is 15.9 Å². The molecule has 1 unspecified atom stereocenters. The maximum atomic E-state index is 13.9. The van der Waals surface area contributed by atoms with Crippen molar-refractivity contribution >= 4 is 15.9 Å². The Balaban J connectivity index is 2.53. The maximum Gasteiger partial charge on any atom is 0.163 e. The van der Waals surface area contributed by atoms with Crippen LogP contribution < -0.4 is 11.3 Å². The molecule has 0 heterocycles. The Kier molecular flexibility index (Phi) is 4.29. The van der Waals surface area contributed by atoms with Gasteiger partial charge < -0.3 is 0 Å². The zero-order valence-corrected chi connectivity index (χ0v) is 11.8. The summed E-state index contributed by atoms with van der Waals surface area (Å²) < 4.78 is 28.1. The third-order valence-electron chi connectivity index (χ3n) is 3.00. The quantitative estimate of drug-likeness (QED) is 0.668. The van der Waals surface area contributed by atoms with Crippen molar-refractivity contribution in [3.05, 3.63) is 69.2 Å². The lowest BCUT2D eigenvalue weighted by Gasteiger charge is -2.20. The summed E-state index contributed by atoms with van der Waals surface area (Å²) in [6, 6.07) is 9.04. The van der Waals surface area contributed by atoms with Gasteiger partial charge in [-0.05, 0) is 36.2 Å². The highest BCUT2D eigenvalue weighted by molar-refractivity contribution is 9.10. The summed E-state index contributed by atoms with van der Waals surface area (Å²) in [5.41, 5.74) is 4.46. The van der Waals surface area contributed by atoms with E-state index in [4.69, 9.17) is 5.84 Å². The van der Waals surface area contributed by atoms with E-state index in [0.29, 0.717) is 0 Å². The van der Waals surface area contributed by atoms with Crippen molar-refractivity contribution in [2.45, 2.75) is 13.0 Å². The Bertz CT molecular complexity index is 602. The van der Waals surface area contributed by atoms with Crippen LogP contribution in [0.2, 0.25) is 0 Å². The van der Waals surface area contributed by atoms with Crippen LogP contribution in [0.15, 0.2) is 40.9 Å². The second-order valence-corrected chi connectivity index (χ2v) is 5.16. The first-order chi connectivity index (χ1) is 9.04. The van der Waals surface area contributed by atoms with Gasteiger partial charge in [-0.3, -0.25) is 5.84 Å². The first-order valence-electron chi connectivity index (χ1n) is 5.70. The predicted molar refractivity (Wildman–Crippen MR) is 74.4 cm³/mol. The van der Waals surface area contributed by atoms with Gasteiger partial charge >= 0.3 is 0 Å². The number of nitrogens with two attached hydrogens (primary N) is 1. The number of benzene rings is 2. The van der Waals surface area contributed by atoms with Gasteiger partial charge in [0.1, 0.15) is 0 Å². The van der Waals surface area contributed by atoms with Crippen LogP contribution in [0, 0.1) is 18.6 Å². The summed E-state index contributed by atoms with van der Waals surface area (Å²) in [6.45, 7) is 1.89. The van der Waals surface area contributed by atoms with Gasteiger partial charge in [0, 0.05) is 10.0 Å². The average molecular weight is 327 g/mol. The molecule has 0 radical (unpaired) electrons. The van der Waals surface area contributed by atoms with Gasteiger partial charge in [0.05, 0.1) is 6.04 Å². The Hall–Kier alpha value is -1.30. The highest BCUT2D eigenvalue weighted by atomic mass is 79.9. The van der Waals surface area contributed by atoms with Crippen molar-refractivity contribution in [2.75, 3.05) is 0 Å². The van der Waals surface area contributed by atoms with Crippen LogP contribution in [0.5, 0.6) is 0 Å². The largest absolute Gasteiger partial charge is 0.271 e. The summed E-state index contributed by atoms with van der Waals surface area (Å²) >= 11 is 3.36. The molecule has 19 heavy (non-hydrogen) atoms. The van der Waals surface area contributed by atoms with Gasteiger partial charge in [0.2, 0.25) is 0 Å². The third kappa shape index (κ3) is 2.83. The molecule has 0 spiro atoms. The Morgan fingerprint density at radius 1 is 1.16 bits per heavy atom. The van der Waals surface area contributed by atoms with Gasteiger partial charge in [-0.2, -0.15) is 0 Å². The summed E-state index contributed by atoms with van der Waals surface area (Å²) in [4.78, 5) is 0. The first kappa shape index (κ1) is 14.1. The first-order valence-corrected chi connectivity index (χ1v) is 6.50. The van der Waals surface area contributed by atoms with Crippen LogP contribution in [-0.2, 0) is 0 Å². The fourth-order valence-corrected chi connectivity index (χ4v) is 2.53. The highest BCUT2D eigenvalue weighted by Crippen LogP contribution is 2.28. The van der Waals surface area contributed by atoms with E-state index in [0.717, 1.165) is 21.7 Å². The number of hydrogen-bond acceptors (Lipinski definition) is 2. The summed E-state index contributed by atoms with van der Waals surface area (Å²) in [5, 5.41) is 0. The predicted octanol–water partition coefficient (Wildman–Crippen LogP) is 3.59. The fourth-order valence-electron chi connectivity index (χ4n) is 2.05. The zero-order valence-electron chi connectivity index (χ0n) is 10.3. The minimum absolute atomic E-state index is 0.188. The van der Waals surface area contributed by atoms with Crippen molar-refractivity contribution < 1.29 is 8.78 Å². The van der Waals surface area contributed by atoms with Crippen molar-refractivity contribution in [1.29, 1.82) is 0 Å². The SMILES string of the molecule is Cc1cc(Br)ccc1C(NN)c1cccc(F)c1F. The molecular weight excluding hydrogens is 314 g/mol. The van der Waals surface area contributed by atoms with Gasteiger partial charge in [-0.1, -0.05) is 34.1 Å². The molecule has 0 amide bonds. The molecule has 0 aliphatic carbocycles. The second kappa shape index (κ2) is 5.77. The lowest BCUT2D eigenvalue weighted by Crippen LogP contribution is -2.30. The number of hydrogen-bond donors (Lipinski definition) is 2. The lowest BCUT2D eigenvalue weighted by molar-refractivity contribution is 0.482. The molecule has 3 N–H and O–H groups in total. The minimum atomic E-state index is -0.882. The van der Waals surface area contributed by atoms with Crippen LogP contribution in [-0.4, -0.2) is 0 Å². The van der Waals surface area contributed by atoms with Gasteiger partial charge in [0.25, 0.3) is 0 Å². The van der Waals surface area contributed by atoms with Crippen molar-refractivity contribution in [1.82, 2.24) is 5.43 Å². The Labute approximate surface area is 118 Å². The molecule has 100 valence electrons. The summed E-state index contributed by atoms with van der Waals surface area (Å²) in [7, 11) is 0. The molecule has 0 fully saturated rings. The van der Waals surface area contributed by atoms with E-state index in [9.17, 15) is 8.78 Å². The van der Waals surface area contributed by atoms with E-state index in [1.807, 2.05) is 25.1 Å². The molecule has 0 saturated heterocycles. The number of nitrogens with one attached hydrogen (secondary N) is 1. The number of rotatable bonds is 3. The molecule has 2 rings (SSSR count). The molecule has 2 aromatic rings. The topological polar surface area (TPSA) is 38.0 Å². The molecule has 0 aliphatic rings. The molecule has 0 aromatic heterocycles. The van der Waals surface area contributed by atoms with Gasteiger partial charge in [-0.25, -0.2) is 14.2 Å². The molecule has 2 nitrogen and oxygen atoms in total. The fraction of sp³-hybridized carbons (Fsp3) is 0.143. The van der Waals surface area contributed by atoms with E-state index in [1.165, 1.54) is 12.1 Å². The number of halogens is 3. The van der Waals surface area contributed by atoms with Gasteiger partial charge in [0.15, 0.2) is 11.6 Å². The summed E-state index contributed by atoms with van der Waals surface area (Å²) in [6.07, 6.45) is 0. The summed E-state index contributed by atoms with van der Waals surface area (Å²) in [5.74, 6) is 3.75. The van der Waals surface area contributed by atoms with Crippen molar-refractivity contribution in [3.8, 4) is 0 Å². The highest BCUT2D eigenvalue weighted by Gasteiger charge is 2.20. The Morgan fingerprint density at radius 3 is 2.53 bits per heavy atom. The normalized spacial score (nSPS) is 12.5. The molecule has 0 aliphatic heterocycles. The smallest absolute Gasteiger partial charge is 0.163 e. The van der Waals surface area contributed by atoms with E-state index < -0.39 is 17.7 Å². The molecule has 5 heteroatoms. The monoisotopic (exact) mass is 326 g/mol. The van der Waals surface area contributed by atoms with Crippen molar-refractivity contribution in [2.24, 2.45) is 5.84 Å². The van der Waals surface area contributed by atoms with E-state index in [-0.39, 0.29) is 5.56 Å². The minimum Gasteiger partial charge on any atom is -0.271 e. The number of hydrazine groups is 1. The number of aryl methyl sites for hydroxylation is 1. The van der Waals surface area contributed by atoms with E-state index in [2.05, 4.69) is 21.4 Å². The average Bonchev–Trinajstić information content (AvgIpc) is 2.37.